The number of aryl methyl sites for hydroxylation is 1. The number of aliphatic hydroxyl groups is 1. The molecule has 2 aliphatic rings. The monoisotopic (exact) mass is 338 g/mol. The minimum Gasteiger partial charge on any atom is -0.394 e. The van der Waals surface area contributed by atoms with Crippen LogP contribution in [-0.2, 0) is 14.2 Å². The fourth-order valence-corrected chi connectivity index (χ4v) is 3.41. The van der Waals surface area contributed by atoms with Crippen molar-refractivity contribution >= 4 is 11.2 Å². The second-order valence-corrected chi connectivity index (χ2v) is 6.55. The highest BCUT2D eigenvalue weighted by Crippen LogP contribution is 2.43. The van der Waals surface area contributed by atoms with Gasteiger partial charge in [0, 0.05) is 6.92 Å². The lowest BCUT2D eigenvalue weighted by Crippen LogP contribution is -2.51. The summed E-state index contributed by atoms with van der Waals surface area (Å²) < 4.78 is 20.7. The van der Waals surface area contributed by atoms with Gasteiger partial charge in [-0.2, -0.15) is 0 Å². The van der Waals surface area contributed by atoms with Crippen LogP contribution in [0.15, 0.2) is 11.1 Å². The molecule has 0 amide bonds. The number of aromatic nitrogens is 4. The summed E-state index contributed by atoms with van der Waals surface area (Å²) >= 11 is 0. The Balaban J connectivity index is 1.85. The molecule has 10 heteroatoms. The molecule has 0 aliphatic carbocycles. The third-order valence-corrected chi connectivity index (χ3v) is 4.45. The van der Waals surface area contributed by atoms with E-state index in [9.17, 15) is 9.90 Å². The summed E-state index contributed by atoms with van der Waals surface area (Å²) in [5, 5.41) is 9.58. The van der Waals surface area contributed by atoms with Gasteiger partial charge in [-0.3, -0.25) is 5.84 Å². The third-order valence-electron chi connectivity index (χ3n) is 4.45. The Morgan fingerprint density at radius 3 is 2.88 bits per heavy atom. The molecule has 130 valence electrons. The number of nitrogens with two attached hydrogens (primary N) is 1. The number of hydrogen-bond donors (Lipinski definition) is 3. The first-order chi connectivity index (χ1) is 11.3. The van der Waals surface area contributed by atoms with Crippen LogP contribution in [0.2, 0.25) is 0 Å². The third kappa shape index (κ3) is 2.07. The summed E-state index contributed by atoms with van der Waals surface area (Å²) in [6.45, 7) is 5.10. The smallest absolute Gasteiger partial charge is 0.337 e. The van der Waals surface area contributed by atoms with Crippen LogP contribution < -0.4 is 16.1 Å². The van der Waals surface area contributed by atoms with Crippen molar-refractivity contribution in [1.82, 2.24) is 14.5 Å². The summed E-state index contributed by atoms with van der Waals surface area (Å²) in [4.78, 5) is 18.9. The van der Waals surface area contributed by atoms with Crippen molar-refractivity contribution in [1.29, 1.82) is 0 Å². The van der Waals surface area contributed by atoms with E-state index < -0.39 is 30.3 Å². The zero-order valence-electron chi connectivity index (χ0n) is 13.6. The number of hydrogen-bond acceptors (Lipinski definition) is 7. The van der Waals surface area contributed by atoms with Crippen LogP contribution in [0.5, 0.6) is 0 Å². The van der Waals surface area contributed by atoms with Crippen LogP contribution in [0.4, 0.5) is 0 Å². The first-order valence-corrected chi connectivity index (χ1v) is 7.71. The Kier molecular flexibility index (Phi) is 3.23. The van der Waals surface area contributed by atoms with Crippen LogP contribution in [-0.4, -0.2) is 50.3 Å². The number of nitrogens with one attached hydrogen (secondary N) is 1. The standard InChI is InChI=1S/C14H19N5O5/c1-6-17-11(21)8-12(19(6)15)18(5-16-8)13-10-9(7(4-20)22-13)23-14(2,3)24-10/h5,7,9-10,13,20H,4,15H2,1-3H3/p+1/t7-,9-,10-,13+/m1/s1. The number of rotatable bonds is 2. The zero-order valence-corrected chi connectivity index (χ0v) is 13.6. The van der Waals surface area contributed by atoms with Crippen molar-refractivity contribution in [2.75, 3.05) is 12.4 Å². The predicted molar refractivity (Wildman–Crippen MR) is 80.3 cm³/mol. The Labute approximate surface area is 136 Å². The molecule has 4 heterocycles. The van der Waals surface area contributed by atoms with Crippen LogP contribution in [0, 0.1) is 6.92 Å². The lowest BCUT2D eigenvalue weighted by atomic mass is 10.1. The maximum absolute atomic E-state index is 12.1. The summed E-state index contributed by atoms with van der Waals surface area (Å²) in [5.41, 5.74) is 0.279. The van der Waals surface area contributed by atoms with Crippen molar-refractivity contribution in [3.05, 3.63) is 22.5 Å². The SMILES string of the molecule is Cc1[nH]c(=O)c2ncn([C@H]3O[C@H](CO)[C@H]4OC(C)(C)O[C@H]43)c2[n+]1N. The van der Waals surface area contributed by atoms with Crippen LogP contribution >= 0.6 is 0 Å². The molecular formula is C14H20N5O5+. The number of aliphatic hydroxyl groups excluding tert-OH is 1. The number of H-pyrrole nitrogens is 1. The lowest BCUT2D eigenvalue weighted by Gasteiger charge is -2.23. The molecule has 0 spiro atoms. The van der Waals surface area contributed by atoms with Gasteiger partial charge in [0.25, 0.3) is 5.65 Å². The molecule has 2 fully saturated rings. The summed E-state index contributed by atoms with van der Waals surface area (Å²) in [6.07, 6.45) is -0.529. The molecule has 4 N–H and O–H groups in total. The highest BCUT2D eigenvalue weighted by atomic mass is 16.8. The van der Waals surface area contributed by atoms with E-state index in [4.69, 9.17) is 20.1 Å². The quantitative estimate of drug-likeness (QED) is 0.446. The van der Waals surface area contributed by atoms with E-state index >= 15 is 0 Å². The molecule has 2 aromatic rings. The van der Waals surface area contributed by atoms with Gasteiger partial charge in [0.15, 0.2) is 12.1 Å². The number of nitrogen functional groups attached to an aromatic ring is 1. The van der Waals surface area contributed by atoms with Gasteiger partial charge in [-0.05, 0) is 13.8 Å². The first-order valence-electron chi connectivity index (χ1n) is 7.71. The molecule has 0 radical (unpaired) electrons. The molecule has 4 atom stereocenters. The van der Waals surface area contributed by atoms with Gasteiger partial charge in [-0.25, -0.2) is 19.3 Å². The van der Waals surface area contributed by atoms with Crippen LogP contribution in [0.1, 0.15) is 25.9 Å². The molecular weight excluding hydrogens is 318 g/mol. The Morgan fingerprint density at radius 2 is 2.17 bits per heavy atom. The van der Waals surface area contributed by atoms with E-state index in [1.807, 2.05) is 0 Å². The number of fused-ring (bicyclic) bond motifs is 2. The average Bonchev–Trinajstić information content (AvgIpc) is 3.15. The summed E-state index contributed by atoms with van der Waals surface area (Å²) in [5.74, 6) is 5.76. The zero-order chi connectivity index (χ0) is 17.2. The van der Waals surface area contributed by atoms with E-state index in [0.29, 0.717) is 11.5 Å². The molecule has 0 saturated carbocycles. The van der Waals surface area contributed by atoms with E-state index in [1.165, 1.54) is 11.0 Å². The minimum absolute atomic E-state index is 0.202. The Morgan fingerprint density at radius 1 is 1.46 bits per heavy atom. The van der Waals surface area contributed by atoms with Crippen molar-refractivity contribution in [3.63, 3.8) is 0 Å². The molecule has 10 nitrogen and oxygen atoms in total. The summed E-state index contributed by atoms with van der Waals surface area (Å²) in [6, 6.07) is 0. The van der Waals surface area contributed by atoms with E-state index in [2.05, 4.69) is 9.97 Å². The van der Waals surface area contributed by atoms with Crippen LogP contribution in [0.25, 0.3) is 11.2 Å². The predicted octanol–water partition coefficient (Wildman–Crippen LogP) is -1.56. The topological polar surface area (TPSA) is 128 Å². The van der Waals surface area contributed by atoms with Crippen molar-refractivity contribution in [2.24, 2.45) is 0 Å². The molecule has 2 aliphatic heterocycles. The molecule has 0 aromatic carbocycles. The number of nitrogens with zero attached hydrogens (tertiary/aromatic N) is 3. The maximum atomic E-state index is 12.1. The normalized spacial score (nSPS) is 31.7. The van der Waals surface area contributed by atoms with E-state index in [-0.39, 0.29) is 17.7 Å². The van der Waals surface area contributed by atoms with Gasteiger partial charge < -0.3 is 19.3 Å². The van der Waals surface area contributed by atoms with E-state index in [1.54, 1.807) is 25.3 Å². The van der Waals surface area contributed by atoms with Crippen molar-refractivity contribution < 1.29 is 24.0 Å². The second kappa shape index (κ2) is 4.99. The molecule has 24 heavy (non-hydrogen) atoms. The maximum Gasteiger partial charge on any atom is 0.337 e. The van der Waals surface area contributed by atoms with Gasteiger partial charge in [0.2, 0.25) is 17.6 Å². The van der Waals surface area contributed by atoms with Gasteiger partial charge in [0.1, 0.15) is 18.3 Å². The number of ether oxygens (including phenoxy) is 3. The molecule has 2 saturated heterocycles. The second-order valence-electron chi connectivity index (χ2n) is 6.55. The molecule has 2 aromatic heterocycles. The first kappa shape index (κ1) is 15.5. The van der Waals surface area contributed by atoms with Crippen LogP contribution in [0.3, 0.4) is 0 Å². The molecule has 4 rings (SSSR count). The highest BCUT2D eigenvalue weighted by molar-refractivity contribution is 5.66. The summed E-state index contributed by atoms with van der Waals surface area (Å²) in [7, 11) is 0. The fraction of sp³-hybridized carbons (Fsp3) is 0.643. The largest absolute Gasteiger partial charge is 0.394 e. The van der Waals surface area contributed by atoms with Crippen molar-refractivity contribution in [2.45, 2.75) is 51.1 Å². The minimum atomic E-state index is -0.784. The molecule has 0 unspecified atom stereocenters. The Hall–Kier alpha value is -2.01. The number of imidazole rings is 1. The lowest BCUT2D eigenvalue weighted by molar-refractivity contribution is -0.625. The van der Waals surface area contributed by atoms with Gasteiger partial charge in [-0.15, -0.1) is 4.68 Å². The Bertz CT molecular complexity index is 859. The highest BCUT2D eigenvalue weighted by Gasteiger charge is 2.57. The van der Waals surface area contributed by atoms with Gasteiger partial charge >= 0.3 is 5.56 Å². The van der Waals surface area contributed by atoms with Gasteiger partial charge in [-0.1, -0.05) is 0 Å². The van der Waals surface area contributed by atoms with E-state index in [0.717, 1.165) is 0 Å². The number of aromatic amines is 1. The fourth-order valence-electron chi connectivity index (χ4n) is 3.41. The van der Waals surface area contributed by atoms with Gasteiger partial charge in [0.05, 0.1) is 6.61 Å². The molecule has 0 bridgehead atoms. The van der Waals surface area contributed by atoms with Crippen molar-refractivity contribution in [3.8, 4) is 0 Å². The average molecular weight is 338 g/mol.